The Hall–Kier alpha value is -1.30. The monoisotopic (exact) mass is 582 g/mol. The van der Waals surface area contributed by atoms with Gasteiger partial charge >= 0.3 is 17.9 Å². The summed E-state index contributed by atoms with van der Waals surface area (Å²) in [5.41, 5.74) is 0. The van der Waals surface area contributed by atoms with Crippen LogP contribution in [0.2, 0.25) is 0 Å². The summed E-state index contributed by atoms with van der Waals surface area (Å²) in [7, 11) is 3.36. The van der Waals surface area contributed by atoms with Crippen molar-refractivity contribution in [2.45, 2.75) is 93.3 Å². The minimum atomic E-state index is -0.214. The molecule has 0 unspecified atom stereocenters. The summed E-state index contributed by atoms with van der Waals surface area (Å²) >= 11 is 0. The van der Waals surface area contributed by atoms with E-state index in [9.17, 15) is 19.2 Å². The van der Waals surface area contributed by atoms with E-state index in [1.165, 1.54) is 0 Å². The van der Waals surface area contributed by atoms with Gasteiger partial charge in [0.2, 0.25) is 0 Å². The van der Waals surface area contributed by atoms with Crippen LogP contribution in [0.25, 0.3) is 0 Å². The van der Waals surface area contributed by atoms with E-state index in [1.807, 2.05) is 55.4 Å². The topological polar surface area (TPSA) is 114 Å². The Labute approximate surface area is 237 Å². The predicted molar refractivity (Wildman–Crippen MR) is 153 cm³/mol. The lowest BCUT2D eigenvalue weighted by atomic mass is 10.1. The SMILES string of the molecule is CC(C)OC(=O)CCCOCC(=O)C(C)C.CC(C)OC(=O)CCCOCCSSCCOC(=O)C(C)C. The van der Waals surface area contributed by atoms with Crippen LogP contribution >= 0.6 is 21.6 Å². The largest absolute Gasteiger partial charge is 0.465 e. The molecule has 0 saturated heterocycles. The van der Waals surface area contributed by atoms with Crippen molar-refractivity contribution in [1.29, 1.82) is 0 Å². The maximum absolute atomic E-state index is 11.3. The first-order chi connectivity index (χ1) is 17.9. The normalized spacial score (nSPS) is 10.9. The van der Waals surface area contributed by atoms with Crippen molar-refractivity contribution in [3.8, 4) is 0 Å². The van der Waals surface area contributed by atoms with Crippen molar-refractivity contribution in [3.63, 3.8) is 0 Å². The van der Waals surface area contributed by atoms with Gasteiger partial charge in [0, 0.05) is 43.5 Å². The highest BCUT2D eigenvalue weighted by molar-refractivity contribution is 8.76. The summed E-state index contributed by atoms with van der Waals surface area (Å²) in [5.74, 6) is 1.15. The van der Waals surface area contributed by atoms with E-state index in [1.54, 1.807) is 21.6 Å². The Balaban J connectivity index is 0. The second-order valence-corrected chi connectivity index (χ2v) is 12.2. The van der Waals surface area contributed by atoms with Gasteiger partial charge in [0.1, 0.15) is 13.2 Å². The number of ether oxygens (including phenoxy) is 5. The van der Waals surface area contributed by atoms with Crippen molar-refractivity contribution >= 4 is 45.3 Å². The lowest BCUT2D eigenvalue weighted by Gasteiger charge is -2.08. The number of rotatable bonds is 21. The molecule has 9 nitrogen and oxygen atoms in total. The molecule has 0 saturated carbocycles. The standard InChI is InChI=1S/C15H28O5S2.C12H22O4/c1-12(2)15(17)19-9-11-22-21-10-8-18-7-5-6-14(16)20-13(3)4;1-9(2)11(13)8-15-7-5-6-12(14)16-10(3)4/h12-13H,5-11H2,1-4H3;9-10H,5-8H2,1-4H3. The number of ketones is 1. The Morgan fingerprint density at radius 3 is 1.53 bits per heavy atom. The van der Waals surface area contributed by atoms with E-state index in [4.69, 9.17) is 23.7 Å². The summed E-state index contributed by atoms with van der Waals surface area (Å²) < 4.78 is 25.6. The second-order valence-electron chi connectivity index (χ2n) is 9.54. The molecule has 0 rings (SSSR count). The van der Waals surface area contributed by atoms with Crippen LogP contribution in [0.4, 0.5) is 0 Å². The van der Waals surface area contributed by atoms with E-state index >= 15 is 0 Å². The van der Waals surface area contributed by atoms with Gasteiger partial charge in [0.15, 0.2) is 5.78 Å². The van der Waals surface area contributed by atoms with Crippen LogP contribution in [0.1, 0.15) is 81.1 Å². The summed E-state index contributed by atoms with van der Waals surface area (Å²) in [6.07, 6.45) is 1.90. The number of hydrogen-bond acceptors (Lipinski definition) is 11. The average Bonchev–Trinajstić information content (AvgIpc) is 2.81. The molecule has 38 heavy (non-hydrogen) atoms. The molecule has 0 fully saturated rings. The molecule has 0 N–H and O–H groups in total. The van der Waals surface area contributed by atoms with Crippen molar-refractivity contribution in [2.24, 2.45) is 11.8 Å². The first-order valence-corrected chi connectivity index (χ1v) is 15.8. The molecule has 0 bridgehead atoms. The highest BCUT2D eigenvalue weighted by atomic mass is 33.1. The zero-order valence-corrected chi connectivity index (χ0v) is 26.2. The van der Waals surface area contributed by atoms with E-state index in [0.29, 0.717) is 52.1 Å². The quantitative estimate of drug-likeness (QED) is 0.0762. The Bertz CT molecular complexity index is 638. The van der Waals surface area contributed by atoms with Crippen molar-refractivity contribution in [1.82, 2.24) is 0 Å². The van der Waals surface area contributed by atoms with Crippen molar-refractivity contribution in [3.05, 3.63) is 0 Å². The van der Waals surface area contributed by atoms with Gasteiger partial charge in [-0.2, -0.15) is 0 Å². The Morgan fingerprint density at radius 1 is 0.605 bits per heavy atom. The molecule has 0 aromatic rings. The minimum Gasteiger partial charge on any atom is -0.465 e. The van der Waals surface area contributed by atoms with Crippen molar-refractivity contribution in [2.75, 3.05) is 44.5 Å². The third-order valence-corrected chi connectivity index (χ3v) is 6.57. The number of carbonyl (C=O) groups excluding carboxylic acids is 4. The van der Waals surface area contributed by atoms with Crippen LogP contribution < -0.4 is 0 Å². The fourth-order valence-corrected chi connectivity index (χ4v) is 3.96. The fourth-order valence-electron chi connectivity index (χ4n) is 2.28. The predicted octanol–water partition coefficient (Wildman–Crippen LogP) is 5.28. The van der Waals surface area contributed by atoms with Gasteiger partial charge in [-0.1, -0.05) is 49.3 Å². The maximum Gasteiger partial charge on any atom is 0.308 e. The fraction of sp³-hybridized carbons (Fsp3) is 0.852. The molecule has 0 aromatic carbocycles. The highest BCUT2D eigenvalue weighted by Gasteiger charge is 2.09. The first kappa shape index (κ1) is 38.8. The van der Waals surface area contributed by atoms with Crippen LogP contribution in [-0.4, -0.2) is 80.4 Å². The molecule has 0 aliphatic rings. The summed E-state index contributed by atoms with van der Waals surface area (Å²) in [6.45, 7) is 16.9. The molecular weight excluding hydrogens is 532 g/mol. The molecule has 11 heteroatoms. The van der Waals surface area contributed by atoms with E-state index in [0.717, 1.165) is 11.5 Å². The molecule has 0 aromatic heterocycles. The molecule has 0 heterocycles. The molecule has 0 atom stereocenters. The molecule has 0 spiro atoms. The number of hydrogen-bond donors (Lipinski definition) is 0. The zero-order valence-electron chi connectivity index (χ0n) is 24.6. The Kier molecular flexibility index (Phi) is 26.5. The van der Waals surface area contributed by atoms with Crippen LogP contribution in [0.15, 0.2) is 0 Å². The van der Waals surface area contributed by atoms with E-state index < -0.39 is 0 Å². The van der Waals surface area contributed by atoms with Gasteiger partial charge in [-0.3, -0.25) is 19.2 Å². The van der Waals surface area contributed by atoms with Gasteiger partial charge in [-0.25, -0.2) is 0 Å². The van der Waals surface area contributed by atoms with E-state index in [2.05, 4.69) is 0 Å². The average molecular weight is 583 g/mol. The van der Waals surface area contributed by atoms with Gasteiger partial charge < -0.3 is 23.7 Å². The van der Waals surface area contributed by atoms with Crippen LogP contribution in [0, 0.1) is 11.8 Å². The maximum atomic E-state index is 11.3. The molecular formula is C27H50O9S2. The third kappa shape index (κ3) is 29.3. The van der Waals surface area contributed by atoms with Crippen LogP contribution in [0.5, 0.6) is 0 Å². The van der Waals surface area contributed by atoms with Gasteiger partial charge in [0.25, 0.3) is 0 Å². The minimum absolute atomic E-state index is 0.00547. The lowest BCUT2D eigenvalue weighted by molar-refractivity contribution is -0.148. The van der Waals surface area contributed by atoms with Crippen LogP contribution in [-0.2, 0) is 42.9 Å². The summed E-state index contributed by atoms with van der Waals surface area (Å²) in [4.78, 5) is 44.7. The molecule has 0 radical (unpaired) electrons. The van der Waals surface area contributed by atoms with Crippen molar-refractivity contribution < 1.29 is 42.9 Å². The molecule has 0 aliphatic carbocycles. The van der Waals surface area contributed by atoms with E-state index in [-0.39, 0.29) is 54.3 Å². The van der Waals surface area contributed by atoms with Gasteiger partial charge in [-0.05, 0) is 40.5 Å². The molecule has 224 valence electrons. The van der Waals surface area contributed by atoms with Gasteiger partial charge in [0.05, 0.1) is 24.7 Å². The number of esters is 3. The summed E-state index contributed by atoms with van der Waals surface area (Å²) in [6, 6.07) is 0. The van der Waals surface area contributed by atoms with Gasteiger partial charge in [-0.15, -0.1) is 0 Å². The summed E-state index contributed by atoms with van der Waals surface area (Å²) in [5, 5.41) is 0. The molecule has 0 amide bonds. The highest BCUT2D eigenvalue weighted by Crippen LogP contribution is 2.20. The smallest absolute Gasteiger partial charge is 0.308 e. The number of carbonyl (C=O) groups is 4. The zero-order chi connectivity index (χ0) is 29.3. The third-order valence-electron chi connectivity index (χ3n) is 4.24. The molecule has 0 aliphatic heterocycles. The van der Waals surface area contributed by atoms with Crippen LogP contribution in [0.3, 0.4) is 0 Å². The Morgan fingerprint density at radius 2 is 1.08 bits per heavy atom. The lowest BCUT2D eigenvalue weighted by Crippen LogP contribution is -2.16. The second kappa shape index (κ2) is 26.0. The first-order valence-electron chi connectivity index (χ1n) is 13.3. The number of Topliss-reactive ketones (excluding diaryl/α,β-unsaturated/α-hetero) is 1.